The first-order valence-corrected chi connectivity index (χ1v) is 7.03. The van der Waals surface area contributed by atoms with E-state index in [1.165, 1.54) is 11.1 Å². The highest BCUT2D eigenvalue weighted by Gasteiger charge is 2.10. The monoisotopic (exact) mass is 276 g/mol. The van der Waals surface area contributed by atoms with Crippen molar-refractivity contribution in [3.8, 4) is 0 Å². The molecule has 0 amide bonds. The van der Waals surface area contributed by atoms with Gasteiger partial charge in [-0.3, -0.25) is 4.98 Å². The molecule has 2 N–H and O–H groups in total. The number of pyridine rings is 1. The van der Waals surface area contributed by atoms with E-state index in [2.05, 4.69) is 28.7 Å². The first kappa shape index (κ1) is 13.7. The fourth-order valence-corrected chi connectivity index (χ4v) is 2.70. The number of aromatic carboxylic acids is 1. The van der Waals surface area contributed by atoms with Gasteiger partial charge in [-0.2, -0.15) is 0 Å². The summed E-state index contributed by atoms with van der Waals surface area (Å²) in [6.07, 6.45) is 2.40. The Morgan fingerprint density at radius 2 is 2.32 bits per heavy atom. The van der Waals surface area contributed by atoms with Crippen molar-refractivity contribution in [2.75, 3.05) is 0 Å². The molecule has 0 aromatic carbocycles. The maximum Gasteiger partial charge on any atom is 0.337 e. The van der Waals surface area contributed by atoms with E-state index in [4.69, 9.17) is 5.11 Å². The predicted molar refractivity (Wildman–Crippen MR) is 75.4 cm³/mol. The number of rotatable bonds is 6. The summed E-state index contributed by atoms with van der Waals surface area (Å²) in [6, 6.07) is 7.81. The van der Waals surface area contributed by atoms with Gasteiger partial charge in [-0.25, -0.2) is 4.79 Å². The van der Waals surface area contributed by atoms with Crippen molar-refractivity contribution in [3.05, 3.63) is 52.0 Å². The Morgan fingerprint density at radius 1 is 1.47 bits per heavy atom. The predicted octanol–water partition coefficient (Wildman–Crippen LogP) is 3.08. The molecule has 1 atom stereocenters. The third-order valence-corrected chi connectivity index (χ3v) is 3.88. The standard InChI is InChI=1S/C14H16N2O2S/c1-2-12(13-4-3-7-19-13)16-9-11-6-5-10(8-15-11)14(17)18/h3-8,12,16H,2,9H2,1H3,(H,17,18). The maximum absolute atomic E-state index is 10.7. The van der Waals surface area contributed by atoms with Crippen LogP contribution in [-0.4, -0.2) is 16.1 Å². The van der Waals surface area contributed by atoms with Crippen LogP contribution in [0.5, 0.6) is 0 Å². The van der Waals surface area contributed by atoms with Gasteiger partial charge in [0.2, 0.25) is 0 Å². The van der Waals surface area contributed by atoms with Gasteiger partial charge >= 0.3 is 5.97 Å². The average molecular weight is 276 g/mol. The fourth-order valence-electron chi connectivity index (χ4n) is 1.82. The van der Waals surface area contributed by atoms with Gasteiger partial charge in [-0.05, 0) is 30.0 Å². The summed E-state index contributed by atoms with van der Waals surface area (Å²) in [6.45, 7) is 2.77. The van der Waals surface area contributed by atoms with Gasteiger partial charge in [0, 0.05) is 23.7 Å². The van der Waals surface area contributed by atoms with E-state index in [-0.39, 0.29) is 5.56 Å². The summed E-state index contributed by atoms with van der Waals surface area (Å²) in [7, 11) is 0. The zero-order valence-electron chi connectivity index (χ0n) is 10.7. The molecule has 0 saturated heterocycles. The molecule has 1 unspecified atom stereocenters. The molecule has 0 aliphatic heterocycles. The van der Waals surface area contributed by atoms with Crippen LogP contribution in [0, 0.1) is 0 Å². The molecular formula is C14H16N2O2S. The molecule has 4 nitrogen and oxygen atoms in total. The number of nitrogens with zero attached hydrogens (tertiary/aromatic N) is 1. The lowest BCUT2D eigenvalue weighted by Crippen LogP contribution is -2.20. The Kier molecular flexibility index (Phi) is 4.65. The van der Waals surface area contributed by atoms with Crippen LogP contribution in [0.15, 0.2) is 35.8 Å². The molecule has 0 aliphatic carbocycles. The van der Waals surface area contributed by atoms with E-state index in [0.29, 0.717) is 12.6 Å². The zero-order chi connectivity index (χ0) is 13.7. The van der Waals surface area contributed by atoms with E-state index in [1.54, 1.807) is 23.5 Å². The van der Waals surface area contributed by atoms with Crippen molar-refractivity contribution >= 4 is 17.3 Å². The number of carboxylic acids is 1. The molecule has 2 rings (SSSR count). The van der Waals surface area contributed by atoms with Gasteiger partial charge < -0.3 is 10.4 Å². The maximum atomic E-state index is 10.7. The molecule has 100 valence electrons. The van der Waals surface area contributed by atoms with Crippen LogP contribution < -0.4 is 5.32 Å². The van der Waals surface area contributed by atoms with Gasteiger partial charge in [-0.15, -0.1) is 11.3 Å². The minimum Gasteiger partial charge on any atom is -0.478 e. The van der Waals surface area contributed by atoms with Crippen LogP contribution >= 0.6 is 11.3 Å². The molecule has 0 saturated carbocycles. The SMILES string of the molecule is CCC(NCc1ccc(C(=O)O)cn1)c1cccs1. The highest BCUT2D eigenvalue weighted by Crippen LogP contribution is 2.21. The first-order valence-electron chi connectivity index (χ1n) is 6.15. The van der Waals surface area contributed by atoms with Gasteiger partial charge in [0.15, 0.2) is 0 Å². The lowest BCUT2D eigenvalue weighted by molar-refractivity contribution is 0.0696. The summed E-state index contributed by atoms with van der Waals surface area (Å²) in [4.78, 5) is 16.2. The smallest absolute Gasteiger partial charge is 0.337 e. The second kappa shape index (κ2) is 6.45. The summed E-state index contributed by atoms with van der Waals surface area (Å²) < 4.78 is 0. The van der Waals surface area contributed by atoms with Gasteiger partial charge in [0.25, 0.3) is 0 Å². The molecule has 0 spiro atoms. The Bertz CT molecular complexity index is 523. The number of nitrogens with one attached hydrogen (secondary N) is 1. The number of hydrogen-bond acceptors (Lipinski definition) is 4. The number of carboxylic acid groups (broad SMARTS) is 1. The van der Waals surface area contributed by atoms with E-state index < -0.39 is 5.97 Å². The van der Waals surface area contributed by atoms with Crippen LogP contribution in [0.25, 0.3) is 0 Å². The molecule has 0 aliphatic rings. The zero-order valence-corrected chi connectivity index (χ0v) is 11.5. The van der Waals surface area contributed by atoms with E-state index in [1.807, 2.05) is 6.07 Å². The van der Waals surface area contributed by atoms with Gasteiger partial charge in [-0.1, -0.05) is 13.0 Å². The van der Waals surface area contributed by atoms with Gasteiger partial charge in [0.05, 0.1) is 11.3 Å². The Labute approximate surface area is 116 Å². The molecule has 0 fully saturated rings. The molecule has 0 radical (unpaired) electrons. The number of carbonyl (C=O) groups is 1. The highest BCUT2D eigenvalue weighted by molar-refractivity contribution is 7.10. The van der Waals surface area contributed by atoms with E-state index in [0.717, 1.165) is 12.1 Å². The summed E-state index contributed by atoms with van der Waals surface area (Å²) in [5, 5.41) is 14.3. The third-order valence-electron chi connectivity index (χ3n) is 2.90. The molecule has 19 heavy (non-hydrogen) atoms. The number of hydrogen-bond donors (Lipinski definition) is 2. The highest BCUT2D eigenvalue weighted by atomic mass is 32.1. The summed E-state index contributed by atoms with van der Waals surface area (Å²) in [5.41, 5.74) is 1.06. The molecule has 2 aromatic heterocycles. The molecular weight excluding hydrogens is 260 g/mol. The molecule has 0 bridgehead atoms. The quantitative estimate of drug-likeness (QED) is 0.851. The summed E-state index contributed by atoms with van der Waals surface area (Å²) in [5.74, 6) is -0.947. The topological polar surface area (TPSA) is 62.2 Å². The van der Waals surface area contributed by atoms with Crippen molar-refractivity contribution in [3.63, 3.8) is 0 Å². The van der Waals surface area contributed by atoms with Crippen LogP contribution in [0.3, 0.4) is 0 Å². The van der Waals surface area contributed by atoms with Gasteiger partial charge in [0.1, 0.15) is 0 Å². The summed E-state index contributed by atoms with van der Waals surface area (Å²) >= 11 is 1.74. The minimum absolute atomic E-state index is 0.217. The van der Waals surface area contributed by atoms with E-state index >= 15 is 0 Å². The molecule has 2 heterocycles. The minimum atomic E-state index is -0.947. The average Bonchev–Trinajstić information content (AvgIpc) is 2.94. The van der Waals surface area contributed by atoms with Crippen LogP contribution in [0.2, 0.25) is 0 Å². The molecule has 5 heteroatoms. The Hall–Kier alpha value is -1.72. The second-order valence-corrected chi connectivity index (χ2v) is 5.18. The first-order chi connectivity index (χ1) is 9.20. The van der Waals surface area contributed by atoms with Crippen molar-refractivity contribution < 1.29 is 9.90 Å². The third kappa shape index (κ3) is 3.62. The number of thiophene rings is 1. The van der Waals surface area contributed by atoms with Crippen molar-refractivity contribution in [2.24, 2.45) is 0 Å². The Morgan fingerprint density at radius 3 is 2.84 bits per heavy atom. The van der Waals surface area contributed by atoms with Crippen LogP contribution in [-0.2, 0) is 6.54 Å². The normalized spacial score (nSPS) is 12.3. The Balaban J connectivity index is 1.96. The van der Waals surface area contributed by atoms with E-state index in [9.17, 15) is 4.79 Å². The number of aromatic nitrogens is 1. The van der Waals surface area contributed by atoms with Crippen molar-refractivity contribution in [1.82, 2.24) is 10.3 Å². The van der Waals surface area contributed by atoms with Crippen molar-refractivity contribution in [1.29, 1.82) is 0 Å². The molecule has 2 aromatic rings. The van der Waals surface area contributed by atoms with Crippen LogP contribution in [0.1, 0.15) is 40.3 Å². The second-order valence-electron chi connectivity index (χ2n) is 4.20. The largest absolute Gasteiger partial charge is 0.478 e. The van der Waals surface area contributed by atoms with Crippen LogP contribution in [0.4, 0.5) is 0 Å². The van der Waals surface area contributed by atoms with Crippen molar-refractivity contribution in [2.45, 2.75) is 25.9 Å². The lowest BCUT2D eigenvalue weighted by Gasteiger charge is -2.15. The lowest BCUT2D eigenvalue weighted by atomic mass is 10.2. The fraction of sp³-hybridized carbons (Fsp3) is 0.286.